The Hall–Kier alpha value is -0.830. The first kappa shape index (κ1) is 10.7. The molecule has 1 aromatic rings. The van der Waals surface area contributed by atoms with Crippen LogP contribution in [0.1, 0.15) is 26.7 Å². The number of halogens is 1. The molecule has 3 nitrogen and oxygen atoms in total. The molecule has 1 heterocycles. The number of rotatable bonds is 4. The van der Waals surface area contributed by atoms with Gasteiger partial charge in [-0.1, -0.05) is 25.4 Å². The Morgan fingerprint density at radius 3 is 2.60 bits per heavy atom. The van der Waals surface area contributed by atoms with E-state index in [1.54, 1.807) is 12.4 Å². The van der Waals surface area contributed by atoms with Crippen molar-refractivity contribution in [1.29, 1.82) is 0 Å². The third kappa shape index (κ3) is 2.59. The molecule has 1 aromatic heterocycles. The average Bonchev–Trinajstić information content (AvgIpc) is 2.98. The van der Waals surface area contributed by atoms with Gasteiger partial charge in [-0.05, 0) is 18.8 Å². The second-order valence-electron chi connectivity index (χ2n) is 4.45. The van der Waals surface area contributed by atoms with Crippen LogP contribution >= 0.6 is 11.6 Å². The lowest BCUT2D eigenvalue weighted by atomic mass is 10.2. The van der Waals surface area contributed by atoms with E-state index < -0.39 is 0 Å². The molecule has 0 aromatic carbocycles. The van der Waals surface area contributed by atoms with Gasteiger partial charge < -0.3 is 4.90 Å². The van der Waals surface area contributed by atoms with Crippen molar-refractivity contribution < 1.29 is 0 Å². The third-order valence-corrected chi connectivity index (χ3v) is 2.72. The van der Waals surface area contributed by atoms with E-state index in [9.17, 15) is 0 Å². The number of hydrogen-bond donors (Lipinski definition) is 0. The molecule has 15 heavy (non-hydrogen) atoms. The minimum Gasteiger partial charge on any atom is -0.351 e. The van der Waals surface area contributed by atoms with Crippen LogP contribution < -0.4 is 4.90 Å². The molecule has 82 valence electrons. The Labute approximate surface area is 95.5 Å². The van der Waals surface area contributed by atoms with Crippen molar-refractivity contribution in [1.82, 2.24) is 9.97 Å². The lowest BCUT2D eigenvalue weighted by molar-refractivity contribution is 0.602. The molecule has 0 aliphatic heterocycles. The van der Waals surface area contributed by atoms with E-state index in [0.717, 1.165) is 12.4 Å². The Kier molecular flexibility index (Phi) is 3.10. The van der Waals surface area contributed by atoms with Crippen molar-refractivity contribution in [2.24, 2.45) is 5.92 Å². The van der Waals surface area contributed by atoms with E-state index in [1.807, 2.05) is 0 Å². The highest BCUT2D eigenvalue weighted by molar-refractivity contribution is 6.31. The SMILES string of the molecule is CC(C)CN(c1nccnc1Cl)C1CC1. The van der Waals surface area contributed by atoms with Gasteiger partial charge >= 0.3 is 0 Å². The molecule has 0 bridgehead atoms. The summed E-state index contributed by atoms with van der Waals surface area (Å²) < 4.78 is 0. The Morgan fingerprint density at radius 1 is 1.40 bits per heavy atom. The van der Waals surface area contributed by atoms with E-state index in [2.05, 4.69) is 28.7 Å². The molecule has 0 unspecified atom stereocenters. The van der Waals surface area contributed by atoms with Crippen LogP contribution in [0.5, 0.6) is 0 Å². The van der Waals surface area contributed by atoms with Crippen LogP contribution in [0.4, 0.5) is 5.82 Å². The smallest absolute Gasteiger partial charge is 0.171 e. The molecule has 1 saturated carbocycles. The quantitative estimate of drug-likeness (QED) is 0.789. The van der Waals surface area contributed by atoms with Gasteiger partial charge in [0.05, 0.1) is 0 Å². The predicted molar refractivity (Wildman–Crippen MR) is 62.2 cm³/mol. The summed E-state index contributed by atoms with van der Waals surface area (Å²) in [5, 5.41) is 0.519. The maximum atomic E-state index is 6.06. The monoisotopic (exact) mass is 225 g/mol. The van der Waals surface area contributed by atoms with Crippen LogP contribution in [0, 0.1) is 5.92 Å². The fourth-order valence-corrected chi connectivity index (χ4v) is 1.91. The van der Waals surface area contributed by atoms with Crippen molar-refractivity contribution >= 4 is 17.4 Å². The summed E-state index contributed by atoms with van der Waals surface area (Å²) in [7, 11) is 0. The number of anilines is 1. The molecule has 0 atom stereocenters. The first-order valence-electron chi connectivity index (χ1n) is 5.41. The minimum atomic E-state index is 0.519. The van der Waals surface area contributed by atoms with Gasteiger partial charge in [-0.25, -0.2) is 9.97 Å². The van der Waals surface area contributed by atoms with Crippen molar-refractivity contribution in [2.45, 2.75) is 32.7 Å². The summed E-state index contributed by atoms with van der Waals surface area (Å²) in [6.07, 6.45) is 5.84. The van der Waals surface area contributed by atoms with Gasteiger partial charge in [-0.15, -0.1) is 0 Å². The highest BCUT2D eigenvalue weighted by atomic mass is 35.5. The van der Waals surface area contributed by atoms with E-state index in [4.69, 9.17) is 11.6 Å². The topological polar surface area (TPSA) is 29.0 Å². The molecule has 0 N–H and O–H groups in total. The zero-order valence-electron chi connectivity index (χ0n) is 9.15. The summed E-state index contributed by atoms with van der Waals surface area (Å²) in [4.78, 5) is 10.7. The summed E-state index contributed by atoms with van der Waals surface area (Å²) >= 11 is 6.06. The van der Waals surface area contributed by atoms with Crippen LogP contribution in [0.2, 0.25) is 5.15 Å². The molecule has 0 amide bonds. The van der Waals surface area contributed by atoms with E-state index >= 15 is 0 Å². The van der Waals surface area contributed by atoms with Crippen LogP contribution in [-0.4, -0.2) is 22.6 Å². The summed E-state index contributed by atoms with van der Waals surface area (Å²) in [5.74, 6) is 1.46. The van der Waals surface area contributed by atoms with Crippen molar-refractivity contribution in [3.63, 3.8) is 0 Å². The van der Waals surface area contributed by atoms with Crippen LogP contribution in [0.25, 0.3) is 0 Å². The van der Waals surface area contributed by atoms with Crippen molar-refractivity contribution in [2.75, 3.05) is 11.4 Å². The number of aromatic nitrogens is 2. The van der Waals surface area contributed by atoms with E-state index in [-0.39, 0.29) is 0 Å². The lowest BCUT2D eigenvalue weighted by Crippen LogP contribution is -2.31. The predicted octanol–water partition coefficient (Wildman–Crippen LogP) is 2.75. The van der Waals surface area contributed by atoms with Gasteiger partial charge in [0.1, 0.15) is 0 Å². The van der Waals surface area contributed by atoms with Gasteiger partial charge in [0, 0.05) is 25.0 Å². The highest BCUT2D eigenvalue weighted by Crippen LogP contribution is 2.33. The molecule has 2 rings (SSSR count). The minimum absolute atomic E-state index is 0.519. The Balaban J connectivity index is 2.20. The van der Waals surface area contributed by atoms with Crippen LogP contribution in [0.15, 0.2) is 12.4 Å². The standard InChI is InChI=1S/C11H16ClN3/c1-8(2)7-15(9-3-4-9)11-10(12)13-5-6-14-11/h5-6,8-9H,3-4,7H2,1-2H3. The van der Waals surface area contributed by atoms with Gasteiger partial charge in [0.2, 0.25) is 0 Å². The molecule has 0 spiro atoms. The molecular weight excluding hydrogens is 210 g/mol. The van der Waals surface area contributed by atoms with Crippen LogP contribution in [-0.2, 0) is 0 Å². The summed E-state index contributed by atoms with van der Waals surface area (Å²) in [6, 6.07) is 0.626. The molecule has 1 fully saturated rings. The van der Waals surface area contributed by atoms with Crippen LogP contribution in [0.3, 0.4) is 0 Å². The van der Waals surface area contributed by atoms with Gasteiger partial charge in [0.25, 0.3) is 0 Å². The highest BCUT2D eigenvalue weighted by Gasteiger charge is 2.31. The molecule has 1 aliphatic rings. The largest absolute Gasteiger partial charge is 0.351 e. The molecule has 4 heteroatoms. The first-order chi connectivity index (χ1) is 7.18. The van der Waals surface area contributed by atoms with Crippen molar-refractivity contribution in [3.05, 3.63) is 17.5 Å². The maximum Gasteiger partial charge on any atom is 0.171 e. The van der Waals surface area contributed by atoms with Gasteiger partial charge in [-0.2, -0.15) is 0 Å². The molecule has 0 radical (unpaired) electrons. The Bertz CT molecular complexity index is 336. The third-order valence-electron chi connectivity index (χ3n) is 2.46. The second kappa shape index (κ2) is 4.35. The molecule has 1 aliphatic carbocycles. The van der Waals surface area contributed by atoms with E-state index in [1.165, 1.54) is 12.8 Å². The fraction of sp³-hybridized carbons (Fsp3) is 0.636. The first-order valence-corrected chi connectivity index (χ1v) is 5.79. The van der Waals surface area contributed by atoms with Gasteiger partial charge in [-0.3, -0.25) is 0 Å². The van der Waals surface area contributed by atoms with Gasteiger partial charge in [0.15, 0.2) is 11.0 Å². The maximum absolute atomic E-state index is 6.06. The molecule has 0 saturated heterocycles. The Morgan fingerprint density at radius 2 is 2.07 bits per heavy atom. The normalized spacial score (nSPS) is 15.7. The summed E-state index contributed by atoms with van der Waals surface area (Å²) in [5.41, 5.74) is 0. The molecular formula is C11H16ClN3. The second-order valence-corrected chi connectivity index (χ2v) is 4.81. The van der Waals surface area contributed by atoms with Crippen molar-refractivity contribution in [3.8, 4) is 0 Å². The summed E-state index contributed by atoms with van der Waals surface area (Å²) in [6.45, 7) is 5.42. The number of hydrogen-bond acceptors (Lipinski definition) is 3. The zero-order chi connectivity index (χ0) is 10.8. The van der Waals surface area contributed by atoms with E-state index in [0.29, 0.717) is 17.1 Å². The number of nitrogens with zero attached hydrogens (tertiary/aromatic N) is 3. The zero-order valence-corrected chi connectivity index (χ0v) is 9.91. The fourth-order valence-electron chi connectivity index (χ4n) is 1.69. The average molecular weight is 226 g/mol. The lowest BCUT2D eigenvalue weighted by Gasteiger charge is -2.25.